The second kappa shape index (κ2) is 8.13. The van der Waals surface area contributed by atoms with E-state index in [0.29, 0.717) is 6.04 Å². The fourth-order valence-corrected chi connectivity index (χ4v) is 2.89. The monoisotopic (exact) mass is 256 g/mol. The van der Waals surface area contributed by atoms with Crippen LogP contribution >= 0.6 is 0 Å². The largest absolute Gasteiger partial charge is 0.383 e. The van der Waals surface area contributed by atoms with Gasteiger partial charge in [-0.25, -0.2) is 0 Å². The molecule has 0 aromatic carbocycles. The van der Waals surface area contributed by atoms with E-state index in [2.05, 4.69) is 18.7 Å². The molecule has 3 heteroatoms. The van der Waals surface area contributed by atoms with E-state index in [-0.39, 0.29) is 5.54 Å². The summed E-state index contributed by atoms with van der Waals surface area (Å²) in [6.45, 7) is 7.53. The standard InChI is InChI=1S/C15H32N2O/c1-4-14(2)17(12-13-18-3)11-10-15(16)8-6-5-7-9-15/h14H,4-13,16H2,1-3H3. The summed E-state index contributed by atoms with van der Waals surface area (Å²) in [5.74, 6) is 0. The average Bonchev–Trinajstić information content (AvgIpc) is 2.39. The van der Waals surface area contributed by atoms with Crippen LogP contribution in [0.1, 0.15) is 58.8 Å². The van der Waals surface area contributed by atoms with Gasteiger partial charge in [-0.15, -0.1) is 0 Å². The molecule has 1 fully saturated rings. The van der Waals surface area contributed by atoms with Crippen LogP contribution in [0.3, 0.4) is 0 Å². The maximum Gasteiger partial charge on any atom is 0.0589 e. The molecule has 0 bridgehead atoms. The Balaban J connectivity index is 2.39. The van der Waals surface area contributed by atoms with Gasteiger partial charge in [0, 0.05) is 31.8 Å². The number of hydrogen-bond donors (Lipinski definition) is 1. The first kappa shape index (κ1) is 15.9. The molecule has 0 heterocycles. The van der Waals surface area contributed by atoms with Crippen LogP contribution in [0.4, 0.5) is 0 Å². The van der Waals surface area contributed by atoms with Gasteiger partial charge in [0.2, 0.25) is 0 Å². The molecule has 1 rings (SSSR count). The second-order valence-corrected chi connectivity index (χ2v) is 5.96. The molecule has 18 heavy (non-hydrogen) atoms. The molecule has 1 saturated carbocycles. The Bertz CT molecular complexity index is 215. The Morgan fingerprint density at radius 2 is 1.89 bits per heavy atom. The minimum atomic E-state index is 0.108. The molecule has 1 aliphatic rings. The summed E-state index contributed by atoms with van der Waals surface area (Å²) in [7, 11) is 1.78. The van der Waals surface area contributed by atoms with Crippen LogP contribution in [-0.4, -0.2) is 43.3 Å². The Morgan fingerprint density at radius 3 is 2.44 bits per heavy atom. The zero-order chi connectivity index (χ0) is 13.4. The van der Waals surface area contributed by atoms with Crippen molar-refractivity contribution < 1.29 is 4.74 Å². The van der Waals surface area contributed by atoms with Crippen molar-refractivity contribution in [1.29, 1.82) is 0 Å². The Hall–Kier alpha value is -0.120. The lowest BCUT2D eigenvalue weighted by Crippen LogP contribution is -2.46. The highest BCUT2D eigenvalue weighted by Gasteiger charge is 2.28. The van der Waals surface area contributed by atoms with E-state index in [1.807, 2.05) is 0 Å². The van der Waals surface area contributed by atoms with E-state index in [4.69, 9.17) is 10.5 Å². The minimum Gasteiger partial charge on any atom is -0.383 e. The molecule has 1 unspecified atom stereocenters. The summed E-state index contributed by atoms with van der Waals surface area (Å²) in [5.41, 5.74) is 6.63. The second-order valence-electron chi connectivity index (χ2n) is 5.96. The van der Waals surface area contributed by atoms with Crippen molar-refractivity contribution in [3.8, 4) is 0 Å². The van der Waals surface area contributed by atoms with E-state index in [9.17, 15) is 0 Å². The highest BCUT2D eigenvalue weighted by molar-refractivity contribution is 4.88. The van der Waals surface area contributed by atoms with Crippen LogP contribution in [0.2, 0.25) is 0 Å². The number of rotatable bonds is 8. The predicted octanol–water partition coefficient (Wildman–Crippen LogP) is 2.79. The molecule has 0 amide bonds. The smallest absolute Gasteiger partial charge is 0.0589 e. The maximum atomic E-state index is 6.52. The first-order valence-corrected chi connectivity index (χ1v) is 7.63. The Labute approximate surface area is 113 Å². The normalized spacial score (nSPS) is 21.2. The molecular weight excluding hydrogens is 224 g/mol. The number of methoxy groups -OCH3 is 1. The Morgan fingerprint density at radius 1 is 1.22 bits per heavy atom. The van der Waals surface area contributed by atoms with E-state index in [1.54, 1.807) is 7.11 Å². The van der Waals surface area contributed by atoms with E-state index < -0.39 is 0 Å². The van der Waals surface area contributed by atoms with Crippen molar-refractivity contribution in [2.24, 2.45) is 5.73 Å². The number of ether oxygens (including phenoxy) is 1. The van der Waals surface area contributed by atoms with Gasteiger partial charge in [0.25, 0.3) is 0 Å². The van der Waals surface area contributed by atoms with Crippen LogP contribution < -0.4 is 5.73 Å². The lowest BCUT2D eigenvalue weighted by atomic mass is 9.80. The molecule has 0 saturated heterocycles. The average molecular weight is 256 g/mol. The summed E-state index contributed by atoms with van der Waals surface area (Å²) in [6, 6.07) is 0.632. The fraction of sp³-hybridized carbons (Fsp3) is 1.00. The highest BCUT2D eigenvalue weighted by Crippen LogP contribution is 2.29. The van der Waals surface area contributed by atoms with Gasteiger partial charge in [-0.2, -0.15) is 0 Å². The zero-order valence-electron chi connectivity index (χ0n) is 12.6. The van der Waals surface area contributed by atoms with Crippen molar-refractivity contribution in [1.82, 2.24) is 4.90 Å². The molecule has 2 N–H and O–H groups in total. The predicted molar refractivity (Wildman–Crippen MR) is 77.8 cm³/mol. The van der Waals surface area contributed by atoms with E-state index >= 15 is 0 Å². The van der Waals surface area contributed by atoms with Gasteiger partial charge in [0.1, 0.15) is 0 Å². The Kier molecular flexibility index (Phi) is 7.20. The summed E-state index contributed by atoms with van der Waals surface area (Å²) in [4.78, 5) is 2.53. The molecule has 1 atom stereocenters. The van der Waals surface area contributed by atoms with Crippen molar-refractivity contribution in [3.63, 3.8) is 0 Å². The lowest BCUT2D eigenvalue weighted by Gasteiger charge is -2.37. The molecule has 1 aliphatic carbocycles. The molecule has 0 aromatic heterocycles. The molecule has 0 aliphatic heterocycles. The van der Waals surface area contributed by atoms with Crippen LogP contribution in [-0.2, 0) is 4.74 Å². The third kappa shape index (κ3) is 5.25. The van der Waals surface area contributed by atoms with Crippen LogP contribution in [0.5, 0.6) is 0 Å². The van der Waals surface area contributed by atoms with Gasteiger partial charge in [-0.3, -0.25) is 4.90 Å². The number of nitrogens with zero attached hydrogens (tertiary/aromatic N) is 1. The fourth-order valence-electron chi connectivity index (χ4n) is 2.89. The van der Waals surface area contributed by atoms with Gasteiger partial charge in [-0.05, 0) is 32.6 Å². The van der Waals surface area contributed by atoms with Gasteiger partial charge >= 0.3 is 0 Å². The molecule has 3 nitrogen and oxygen atoms in total. The van der Waals surface area contributed by atoms with Crippen LogP contribution in [0.25, 0.3) is 0 Å². The summed E-state index contributed by atoms with van der Waals surface area (Å²) in [6.07, 6.45) is 8.77. The SMILES string of the molecule is CCC(C)N(CCOC)CCC1(N)CCCCC1. The van der Waals surface area contributed by atoms with Gasteiger partial charge in [0.05, 0.1) is 6.61 Å². The van der Waals surface area contributed by atoms with Crippen LogP contribution in [0.15, 0.2) is 0 Å². The lowest BCUT2D eigenvalue weighted by molar-refractivity contribution is 0.111. The van der Waals surface area contributed by atoms with Gasteiger partial charge in [-0.1, -0.05) is 26.2 Å². The number of hydrogen-bond acceptors (Lipinski definition) is 3. The molecule has 0 radical (unpaired) electrons. The van der Waals surface area contributed by atoms with Crippen molar-refractivity contribution in [2.45, 2.75) is 70.4 Å². The topological polar surface area (TPSA) is 38.5 Å². The third-order valence-corrected chi connectivity index (χ3v) is 4.54. The summed E-state index contributed by atoms with van der Waals surface area (Å²) >= 11 is 0. The van der Waals surface area contributed by atoms with Gasteiger partial charge in [0.15, 0.2) is 0 Å². The molecule has 0 spiro atoms. The first-order valence-electron chi connectivity index (χ1n) is 7.63. The molecule has 0 aromatic rings. The summed E-state index contributed by atoms with van der Waals surface area (Å²) < 4.78 is 5.21. The van der Waals surface area contributed by atoms with E-state index in [1.165, 1.54) is 38.5 Å². The maximum absolute atomic E-state index is 6.52. The van der Waals surface area contributed by atoms with E-state index in [0.717, 1.165) is 26.1 Å². The first-order chi connectivity index (χ1) is 8.61. The van der Waals surface area contributed by atoms with Crippen molar-refractivity contribution in [3.05, 3.63) is 0 Å². The number of nitrogens with two attached hydrogens (primary N) is 1. The quantitative estimate of drug-likeness (QED) is 0.726. The van der Waals surface area contributed by atoms with Crippen molar-refractivity contribution in [2.75, 3.05) is 26.8 Å². The molecular formula is C15H32N2O. The van der Waals surface area contributed by atoms with Crippen LogP contribution in [0, 0.1) is 0 Å². The minimum absolute atomic E-state index is 0.108. The summed E-state index contributed by atoms with van der Waals surface area (Å²) in [5, 5.41) is 0. The van der Waals surface area contributed by atoms with Gasteiger partial charge < -0.3 is 10.5 Å². The third-order valence-electron chi connectivity index (χ3n) is 4.54. The zero-order valence-corrected chi connectivity index (χ0v) is 12.6. The van der Waals surface area contributed by atoms with Crippen molar-refractivity contribution >= 4 is 0 Å². The highest BCUT2D eigenvalue weighted by atomic mass is 16.5. The molecule has 108 valence electrons.